The average molecular weight is 464 g/mol. The molecule has 9 heteroatoms. The predicted molar refractivity (Wildman–Crippen MR) is 126 cm³/mol. The molecule has 4 atom stereocenters. The smallest absolute Gasteiger partial charge is 0.251 e. The minimum atomic E-state index is -0.321. The van der Waals surface area contributed by atoms with Crippen LogP contribution < -0.4 is 15.5 Å². The lowest BCUT2D eigenvalue weighted by Gasteiger charge is -2.19. The Morgan fingerprint density at radius 1 is 1.03 bits per heavy atom. The highest BCUT2D eigenvalue weighted by Gasteiger charge is 2.48. The van der Waals surface area contributed by atoms with Crippen LogP contribution in [0.5, 0.6) is 0 Å². The maximum Gasteiger partial charge on any atom is 0.251 e. The van der Waals surface area contributed by atoms with Crippen molar-refractivity contribution in [1.82, 2.24) is 15.3 Å². The summed E-state index contributed by atoms with van der Waals surface area (Å²) in [5.74, 6) is -0.0717. The number of rotatable bonds is 6. The Kier molecular flexibility index (Phi) is 6.12. The molecule has 1 amide bonds. The number of aromatic nitrogens is 2. The Hall–Kier alpha value is -3.56. The van der Waals surface area contributed by atoms with Gasteiger partial charge in [-0.3, -0.25) is 4.79 Å². The van der Waals surface area contributed by atoms with Crippen molar-refractivity contribution in [3.63, 3.8) is 0 Å². The molecule has 4 unspecified atom stereocenters. The van der Waals surface area contributed by atoms with Gasteiger partial charge >= 0.3 is 0 Å². The molecule has 3 heterocycles. The number of amides is 1. The zero-order chi connectivity index (χ0) is 23.7. The molecule has 0 radical (unpaired) electrons. The van der Waals surface area contributed by atoms with Crippen molar-refractivity contribution in [3.05, 3.63) is 72.2 Å². The van der Waals surface area contributed by atoms with Crippen LogP contribution >= 0.6 is 0 Å². The van der Waals surface area contributed by atoms with E-state index < -0.39 is 0 Å². The molecule has 0 aliphatic carbocycles. The third-order valence-electron chi connectivity index (χ3n) is 6.11. The van der Waals surface area contributed by atoms with Gasteiger partial charge in [-0.1, -0.05) is 12.1 Å². The predicted octanol–water partition coefficient (Wildman–Crippen LogP) is 2.73. The quantitative estimate of drug-likeness (QED) is 0.581. The van der Waals surface area contributed by atoms with Crippen LogP contribution in [0.3, 0.4) is 0 Å². The minimum Gasteiger partial charge on any atom is -0.378 e. The van der Waals surface area contributed by atoms with Crippen molar-refractivity contribution in [3.8, 4) is 11.3 Å². The standard InChI is InChI=1S/C25H26FN5O3/c1-31(2)18-8-6-15(7-9-18)24(32)28-20-13-33-23-21(14-34-22(20)23)30-25-27-11-10-19(29-25)16-4-3-5-17(26)12-16/h3-12,20-23H,13-14H2,1-2H3,(H,28,32)(H,27,29,30). The van der Waals surface area contributed by atoms with Gasteiger partial charge in [-0.2, -0.15) is 0 Å². The minimum absolute atomic E-state index is 0.161. The third-order valence-corrected chi connectivity index (χ3v) is 6.11. The molecule has 1 aromatic heterocycles. The van der Waals surface area contributed by atoms with E-state index in [0.29, 0.717) is 36.0 Å². The number of carbonyl (C=O) groups is 1. The molecule has 5 rings (SSSR count). The van der Waals surface area contributed by atoms with Gasteiger partial charge in [0.15, 0.2) is 0 Å². The van der Waals surface area contributed by atoms with E-state index in [-0.39, 0.29) is 36.0 Å². The van der Waals surface area contributed by atoms with Crippen LogP contribution in [0.1, 0.15) is 10.4 Å². The summed E-state index contributed by atoms with van der Waals surface area (Å²) >= 11 is 0. The molecule has 2 fully saturated rings. The summed E-state index contributed by atoms with van der Waals surface area (Å²) in [6.07, 6.45) is 1.11. The van der Waals surface area contributed by atoms with Crippen LogP contribution in [0.4, 0.5) is 16.0 Å². The van der Waals surface area contributed by atoms with Gasteiger partial charge in [-0.25, -0.2) is 14.4 Å². The molecule has 2 aromatic carbocycles. The Balaban J connectivity index is 1.22. The number of benzene rings is 2. The van der Waals surface area contributed by atoms with E-state index in [2.05, 4.69) is 20.6 Å². The van der Waals surface area contributed by atoms with Gasteiger partial charge in [0.25, 0.3) is 5.91 Å². The lowest BCUT2D eigenvalue weighted by atomic mass is 10.1. The van der Waals surface area contributed by atoms with Crippen molar-refractivity contribution in [2.24, 2.45) is 0 Å². The lowest BCUT2D eigenvalue weighted by molar-refractivity contribution is 0.0652. The van der Waals surface area contributed by atoms with Gasteiger partial charge in [0, 0.05) is 37.1 Å². The van der Waals surface area contributed by atoms with Crippen LogP contribution in [0.25, 0.3) is 11.3 Å². The number of nitrogens with zero attached hydrogens (tertiary/aromatic N) is 3. The number of carbonyl (C=O) groups excluding carboxylic acids is 1. The Bertz CT molecular complexity index is 1170. The summed E-state index contributed by atoms with van der Waals surface area (Å²) in [5, 5.41) is 6.31. The van der Waals surface area contributed by atoms with E-state index in [1.165, 1.54) is 12.1 Å². The molecule has 0 spiro atoms. The number of anilines is 2. The maximum atomic E-state index is 13.6. The average Bonchev–Trinajstić information content (AvgIpc) is 3.42. The molecule has 3 aromatic rings. The SMILES string of the molecule is CN(C)c1ccc(C(=O)NC2COC3C(Nc4nccc(-c5cccc(F)c5)n4)COC23)cc1. The van der Waals surface area contributed by atoms with Gasteiger partial charge in [-0.05, 0) is 42.5 Å². The number of halogens is 1. The second kappa shape index (κ2) is 9.36. The van der Waals surface area contributed by atoms with Gasteiger partial charge < -0.3 is 25.0 Å². The van der Waals surface area contributed by atoms with Crippen LogP contribution in [0.15, 0.2) is 60.8 Å². The van der Waals surface area contributed by atoms with Crippen molar-refractivity contribution in [1.29, 1.82) is 0 Å². The second-order valence-corrected chi connectivity index (χ2v) is 8.64. The number of nitrogens with one attached hydrogen (secondary N) is 2. The first kappa shape index (κ1) is 22.2. The van der Waals surface area contributed by atoms with Crippen LogP contribution in [0, 0.1) is 5.82 Å². The summed E-state index contributed by atoms with van der Waals surface area (Å²) < 4.78 is 25.5. The first-order valence-corrected chi connectivity index (χ1v) is 11.1. The van der Waals surface area contributed by atoms with E-state index in [1.807, 2.05) is 31.1 Å². The third kappa shape index (κ3) is 4.57. The molecule has 34 heavy (non-hydrogen) atoms. The highest BCUT2D eigenvalue weighted by atomic mass is 19.1. The van der Waals surface area contributed by atoms with E-state index in [0.717, 1.165) is 5.69 Å². The Morgan fingerprint density at radius 3 is 2.50 bits per heavy atom. The van der Waals surface area contributed by atoms with Crippen LogP contribution in [-0.2, 0) is 9.47 Å². The Labute approximate surface area is 197 Å². The topological polar surface area (TPSA) is 88.6 Å². The summed E-state index contributed by atoms with van der Waals surface area (Å²) in [4.78, 5) is 23.5. The molecule has 2 N–H and O–H groups in total. The van der Waals surface area contributed by atoms with Gasteiger partial charge in [0.2, 0.25) is 5.95 Å². The zero-order valence-electron chi connectivity index (χ0n) is 18.9. The molecule has 2 aliphatic heterocycles. The summed E-state index contributed by atoms with van der Waals surface area (Å²) in [6, 6.07) is 15.0. The first-order valence-electron chi connectivity index (χ1n) is 11.1. The highest BCUT2D eigenvalue weighted by molar-refractivity contribution is 5.94. The normalized spacial score (nSPS) is 23.4. The largest absolute Gasteiger partial charge is 0.378 e. The molecule has 0 bridgehead atoms. The fourth-order valence-corrected chi connectivity index (χ4v) is 4.31. The number of ether oxygens (including phenoxy) is 2. The molecule has 176 valence electrons. The molecule has 0 saturated carbocycles. The number of hydrogen-bond donors (Lipinski definition) is 2. The lowest BCUT2D eigenvalue weighted by Crippen LogP contribution is -2.44. The second-order valence-electron chi connectivity index (χ2n) is 8.64. The van der Waals surface area contributed by atoms with Gasteiger partial charge in [0.05, 0.1) is 31.0 Å². The Morgan fingerprint density at radius 2 is 1.76 bits per heavy atom. The summed E-state index contributed by atoms with van der Waals surface area (Å²) in [6.45, 7) is 0.756. The summed E-state index contributed by atoms with van der Waals surface area (Å²) in [7, 11) is 3.91. The molecule has 2 saturated heterocycles. The highest BCUT2D eigenvalue weighted by Crippen LogP contribution is 2.29. The van der Waals surface area contributed by atoms with Crippen molar-refractivity contribution >= 4 is 17.5 Å². The van der Waals surface area contributed by atoms with Gasteiger partial charge in [-0.15, -0.1) is 0 Å². The van der Waals surface area contributed by atoms with Gasteiger partial charge in [0.1, 0.15) is 18.0 Å². The molecular formula is C25H26FN5O3. The van der Waals surface area contributed by atoms with E-state index in [1.54, 1.807) is 36.5 Å². The van der Waals surface area contributed by atoms with Crippen molar-refractivity contribution < 1.29 is 18.7 Å². The fourth-order valence-electron chi connectivity index (χ4n) is 4.31. The molecular weight excluding hydrogens is 437 g/mol. The monoisotopic (exact) mass is 463 g/mol. The fraction of sp³-hybridized carbons (Fsp3) is 0.320. The number of hydrogen-bond acceptors (Lipinski definition) is 7. The van der Waals surface area contributed by atoms with Crippen LogP contribution in [-0.4, -0.2) is 67.5 Å². The van der Waals surface area contributed by atoms with E-state index in [4.69, 9.17) is 9.47 Å². The van der Waals surface area contributed by atoms with E-state index in [9.17, 15) is 9.18 Å². The van der Waals surface area contributed by atoms with Crippen molar-refractivity contribution in [2.45, 2.75) is 24.3 Å². The molecule has 8 nitrogen and oxygen atoms in total. The molecule has 2 aliphatic rings. The first-order chi connectivity index (χ1) is 16.5. The maximum absolute atomic E-state index is 13.6. The summed E-state index contributed by atoms with van der Waals surface area (Å²) in [5.41, 5.74) is 2.90. The van der Waals surface area contributed by atoms with Crippen molar-refractivity contribution in [2.75, 3.05) is 37.5 Å². The number of fused-ring (bicyclic) bond motifs is 1. The van der Waals surface area contributed by atoms with E-state index >= 15 is 0 Å². The zero-order valence-corrected chi connectivity index (χ0v) is 18.9. The van der Waals surface area contributed by atoms with Crippen LogP contribution in [0.2, 0.25) is 0 Å².